The summed E-state index contributed by atoms with van der Waals surface area (Å²) in [4.78, 5) is 7.01. The number of guanidine groups is 1. The van der Waals surface area contributed by atoms with Crippen LogP contribution in [0.2, 0.25) is 5.02 Å². The van der Waals surface area contributed by atoms with Gasteiger partial charge in [0.1, 0.15) is 0 Å². The van der Waals surface area contributed by atoms with Crippen LogP contribution in [0.4, 0.5) is 0 Å². The molecule has 1 saturated carbocycles. The van der Waals surface area contributed by atoms with E-state index in [9.17, 15) is 0 Å². The molecule has 0 radical (unpaired) electrons. The highest BCUT2D eigenvalue weighted by Crippen LogP contribution is 2.48. The molecule has 2 aromatic rings. The van der Waals surface area contributed by atoms with Gasteiger partial charge in [0.25, 0.3) is 0 Å². The van der Waals surface area contributed by atoms with E-state index >= 15 is 0 Å². The van der Waals surface area contributed by atoms with Crippen LogP contribution in [0.15, 0.2) is 46.1 Å². The van der Waals surface area contributed by atoms with Gasteiger partial charge in [-0.25, -0.2) is 0 Å². The predicted octanol–water partition coefficient (Wildman–Crippen LogP) is 4.88. The van der Waals surface area contributed by atoms with Crippen LogP contribution in [0, 0.1) is 0 Å². The van der Waals surface area contributed by atoms with E-state index in [2.05, 4.69) is 55.6 Å². The van der Waals surface area contributed by atoms with Crippen LogP contribution in [0.1, 0.15) is 36.8 Å². The molecular weight excluding hydrogens is 515 g/mol. The Balaban J connectivity index is 0.00000240. The molecule has 0 atom stereocenters. The lowest BCUT2D eigenvalue weighted by molar-refractivity contribution is 0.198. The van der Waals surface area contributed by atoms with Crippen LogP contribution in [-0.4, -0.2) is 43.6 Å². The van der Waals surface area contributed by atoms with Gasteiger partial charge in [0.15, 0.2) is 5.96 Å². The monoisotopic (exact) mass is 544 g/mol. The second kappa shape index (κ2) is 10.5. The fraction of sp³-hybridized carbons (Fsp3) is 0.500. The number of hydrogen-bond acceptors (Lipinski definition) is 3. The van der Waals surface area contributed by atoms with Gasteiger partial charge >= 0.3 is 0 Å². The van der Waals surface area contributed by atoms with Crippen molar-refractivity contribution in [3.05, 3.63) is 57.2 Å². The molecule has 1 aromatic heterocycles. The van der Waals surface area contributed by atoms with E-state index in [1.807, 2.05) is 13.1 Å². The van der Waals surface area contributed by atoms with Gasteiger partial charge in [-0.2, -0.15) is 11.3 Å². The summed E-state index contributed by atoms with van der Waals surface area (Å²) in [5, 5.41) is 12.4. The maximum atomic E-state index is 6.19. The summed E-state index contributed by atoms with van der Waals surface area (Å²) >= 11 is 7.98. The third-order valence-corrected chi connectivity index (χ3v) is 6.99. The number of nitrogens with zero attached hydrogens (tertiary/aromatic N) is 2. The summed E-state index contributed by atoms with van der Waals surface area (Å²) < 4.78 is 0. The van der Waals surface area contributed by atoms with Crippen molar-refractivity contribution in [1.29, 1.82) is 0 Å². The van der Waals surface area contributed by atoms with E-state index in [-0.39, 0.29) is 29.4 Å². The Kier molecular flexibility index (Phi) is 8.24. The van der Waals surface area contributed by atoms with Crippen LogP contribution in [0.3, 0.4) is 0 Å². The summed E-state index contributed by atoms with van der Waals surface area (Å²) in [5.41, 5.74) is 2.99. The molecule has 1 aliphatic carbocycles. The lowest BCUT2D eigenvalue weighted by Crippen LogP contribution is -2.49. The maximum Gasteiger partial charge on any atom is 0.191 e. The standard InChI is InChI=1S/C22H29ClN4S.HI/c1-24-21(25-16-22(8-9-22)18-3-2-4-19(23)13-18)26-20-5-10-27(11-6-20)14-17-7-12-28-15-17;/h2-4,7,12-13,15,20H,5-6,8-11,14,16H2,1H3,(H2,24,25,26);1H. The van der Waals surface area contributed by atoms with E-state index in [0.717, 1.165) is 50.0 Å². The number of rotatable bonds is 6. The summed E-state index contributed by atoms with van der Waals surface area (Å²) in [6.07, 6.45) is 4.73. The van der Waals surface area contributed by atoms with Crippen LogP contribution in [0.5, 0.6) is 0 Å². The number of benzene rings is 1. The van der Waals surface area contributed by atoms with E-state index in [4.69, 9.17) is 11.6 Å². The topological polar surface area (TPSA) is 39.7 Å². The van der Waals surface area contributed by atoms with Crippen molar-refractivity contribution in [3.8, 4) is 0 Å². The Morgan fingerprint density at radius 1 is 1.28 bits per heavy atom. The number of hydrogen-bond donors (Lipinski definition) is 2. The highest BCUT2D eigenvalue weighted by Gasteiger charge is 2.44. The minimum atomic E-state index is 0. The Bertz CT molecular complexity index is 799. The predicted molar refractivity (Wildman–Crippen MR) is 135 cm³/mol. The molecule has 0 unspecified atom stereocenters. The normalized spacial score (nSPS) is 19.4. The zero-order chi connectivity index (χ0) is 19.4. The number of nitrogens with one attached hydrogen (secondary N) is 2. The zero-order valence-corrected chi connectivity index (χ0v) is 20.8. The highest BCUT2D eigenvalue weighted by molar-refractivity contribution is 14.0. The molecule has 4 nitrogen and oxygen atoms in total. The van der Waals surface area contributed by atoms with Crippen molar-refractivity contribution >= 4 is 52.9 Å². The molecule has 2 fully saturated rings. The summed E-state index contributed by atoms with van der Waals surface area (Å²) in [6, 6.07) is 11.0. The van der Waals surface area contributed by atoms with E-state index in [0.29, 0.717) is 6.04 Å². The second-order valence-corrected chi connectivity index (χ2v) is 9.26. The van der Waals surface area contributed by atoms with Crippen LogP contribution in [0.25, 0.3) is 0 Å². The Hall–Kier alpha value is -0.830. The SMILES string of the molecule is CN=C(NCC1(c2cccc(Cl)c2)CC1)NC1CCN(Cc2ccsc2)CC1.I. The largest absolute Gasteiger partial charge is 0.356 e. The van der Waals surface area contributed by atoms with Crippen LogP contribution in [-0.2, 0) is 12.0 Å². The van der Waals surface area contributed by atoms with Gasteiger partial charge in [-0.05, 0) is 65.8 Å². The molecule has 158 valence electrons. The van der Waals surface area contributed by atoms with E-state index < -0.39 is 0 Å². The Labute approximate surface area is 200 Å². The molecule has 2 N–H and O–H groups in total. The molecular formula is C22H30ClIN4S. The summed E-state index contributed by atoms with van der Waals surface area (Å²) in [5.74, 6) is 0.921. The molecule has 1 aliphatic heterocycles. The van der Waals surface area contributed by atoms with Crippen LogP contribution < -0.4 is 10.6 Å². The Morgan fingerprint density at radius 2 is 2.07 bits per heavy atom. The van der Waals surface area contributed by atoms with Gasteiger partial charge in [-0.15, -0.1) is 24.0 Å². The highest BCUT2D eigenvalue weighted by atomic mass is 127. The summed E-state index contributed by atoms with van der Waals surface area (Å²) in [7, 11) is 1.86. The molecule has 1 aromatic carbocycles. The number of piperidine rings is 1. The number of thiophene rings is 1. The van der Waals surface area contributed by atoms with Gasteiger partial charge in [0.05, 0.1) is 0 Å². The van der Waals surface area contributed by atoms with Crippen molar-refractivity contribution in [2.24, 2.45) is 4.99 Å². The molecule has 2 aliphatic rings. The first kappa shape index (κ1) is 22.8. The van der Waals surface area contributed by atoms with Crippen molar-refractivity contribution in [2.45, 2.75) is 43.7 Å². The minimum Gasteiger partial charge on any atom is -0.356 e. The molecule has 0 spiro atoms. The summed E-state index contributed by atoms with van der Waals surface area (Å²) in [6.45, 7) is 4.25. The van der Waals surface area contributed by atoms with Gasteiger partial charge in [0.2, 0.25) is 0 Å². The maximum absolute atomic E-state index is 6.19. The zero-order valence-electron chi connectivity index (χ0n) is 16.9. The first-order chi connectivity index (χ1) is 13.7. The molecule has 4 rings (SSSR count). The van der Waals surface area contributed by atoms with E-state index in [1.165, 1.54) is 24.0 Å². The molecule has 7 heteroatoms. The van der Waals surface area contributed by atoms with Crippen molar-refractivity contribution in [2.75, 3.05) is 26.7 Å². The molecule has 0 bridgehead atoms. The number of likely N-dealkylation sites (tertiary alicyclic amines) is 1. The third kappa shape index (κ3) is 6.09. The number of halogens is 2. The van der Waals surface area contributed by atoms with Crippen molar-refractivity contribution in [3.63, 3.8) is 0 Å². The second-order valence-electron chi connectivity index (χ2n) is 8.04. The van der Waals surface area contributed by atoms with Gasteiger partial charge in [0, 0.05) is 49.7 Å². The molecule has 2 heterocycles. The smallest absolute Gasteiger partial charge is 0.191 e. The lowest BCUT2D eigenvalue weighted by atomic mass is 9.96. The average Bonchev–Trinajstić information content (AvgIpc) is 3.34. The van der Waals surface area contributed by atoms with Crippen molar-refractivity contribution < 1.29 is 0 Å². The quantitative estimate of drug-likeness (QED) is 0.309. The fourth-order valence-corrected chi connectivity index (χ4v) is 4.90. The lowest BCUT2D eigenvalue weighted by Gasteiger charge is -2.33. The first-order valence-corrected chi connectivity index (χ1v) is 11.5. The first-order valence-electron chi connectivity index (χ1n) is 10.1. The van der Waals surface area contributed by atoms with Gasteiger partial charge < -0.3 is 10.6 Å². The Morgan fingerprint density at radius 3 is 2.69 bits per heavy atom. The van der Waals surface area contributed by atoms with Crippen LogP contribution >= 0.6 is 46.9 Å². The van der Waals surface area contributed by atoms with Gasteiger partial charge in [-0.3, -0.25) is 9.89 Å². The molecule has 1 saturated heterocycles. The van der Waals surface area contributed by atoms with E-state index in [1.54, 1.807) is 11.3 Å². The number of aliphatic imine (C=N–C) groups is 1. The molecule has 29 heavy (non-hydrogen) atoms. The molecule has 0 amide bonds. The van der Waals surface area contributed by atoms with Gasteiger partial charge in [-0.1, -0.05) is 23.7 Å². The van der Waals surface area contributed by atoms with Crippen molar-refractivity contribution in [1.82, 2.24) is 15.5 Å². The fourth-order valence-electron chi connectivity index (χ4n) is 4.05. The average molecular weight is 545 g/mol. The minimum absolute atomic E-state index is 0. The third-order valence-electron chi connectivity index (χ3n) is 6.02.